The summed E-state index contributed by atoms with van der Waals surface area (Å²) in [4.78, 5) is 11.2. The van der Waals surface area contributed by atoms with E-state index in [1.807, 2.05) is 0 Å². The van der Waals surface area contributed by atoms with Crippen molar-refractivity contribution >= 4 is 39.3 Å². The summed E-state index contributed by atoms with van der Waals surface area (Å²) < 4.78 is 0. The third-order valence-corrected chi connectivity index (χ3v) is 4.87. The highest BCUT2D eigenvalue weighted by molar-refractivity contribution is 7.99. The molecule has 0 aromatic carbocycles. The average molecular weight is 282 g/mol. The van der Waals surface area contributed by atoms with Crippen LogP contribution in [0.5, 0.6) is 0 Å². The molecule has 6 heteroatoms. The topological polar surface area (TPSA) is 63.8 Å². The first-order valence-electron chi connectivity index (χ1n) is 6.18. The number of unbranched alkanes of at least 4 members (excludes halogenated alkanes) is 1. The van der Waals surface area contributed by atoms with Gasteiger partial charge in [-0.1, -0.05) is 20.3 Å². The maximum Gasteiger partial charge on any atom is 0.239 e. The van der Waals surface area contributed by atoms with Gasteiger partial charge in [-0.15, -0.1) is 23.1 Å². The summed E-state index contributed by atoms with van der Waals surface area (Å²) in [6.45, 7) is 4.35. The summed E-state index contributed by atoms with van der Waals surface area (Å²) >= 11 is 3.51. The molecule has 0 aliphatic rings. The SMILES string of the molecule is CCCCSc1nc(NN)nc2sc(CC)cc12. The van der Waals surface area contributed by atoms with Gasteiger partial charge in [0.05, 0.1) is 0 Å². The van der Waals surface area contributed by atoms with Crippen molar-refractivity contribution in [2.24, 2.45) is 5.84 Å². The second-order valence-corrected chi connectivity index (χ2v) is 6.18. The smallest absolute Gasteiger partial charge is 0.239 e. The van der Waals surface area contributed by atoms with Gasteiger partial charge in [0.15, 0.2) is 0 Å². The normalized spacial score (nSPS) is 11.1. The number of rotatable bonds is 6. The highest BCUT2D eigenvalue weighted by Gasteiger charge is 2.11. The van der Waals surface area contributed by atoms with Crippen molar-refractivity contribution in [1.82, 2.24) is 9.97 Å². The lowest BCUT2D eigenvalue weighted by atomic mass is 10.3. The van der Waals surface area contributed by atoms with E-state index in [4.69, 9.17) is 5.84 Å². The molecule has 2 aromatic rings. The van der Waals surface area contributed by atoms with E-state index in [0.29, 0.717) is 5.95 Å². The lowest BCUT2D eigenvalue weighted by Crippen LogP contribution is -2.10. The molecule has 0 saturated carbocycles. The van der Waals surface area contributed by atoms with E-state index in [9.17, 15) is 0 Å². The molecule has 4 nitrogen and oxygen atoms in total. The number of hydrogen-bond donors (Lipinski definition) is 2. The molecule has 98 valence electrons. The molecule has 0 aliphatic carbocycles. The van der Waals surface area contributed by atoms with Crippen LogP contribution in [0.2, 0.25) is 0 Å². The number of anilines is 1. The van der Waals surface area contributed by atoms with Gasteiger partial charge in [-0.2, -0.15) is 0 Å². The number of aryl methyl sites for hydroxylation is 1. The van der Waals surface area contributed by atoms with Crippen LogP contribution < -0.4 is 11.3 Å². The molecule has 0 amide bonds. The number of thiophene rings is 1. The Kier molecular flexibility index (Phi) is 4.79. The van der Waals surface area contributed by atoms with Crippen molar-refractivity contribution in [3.63, 3.8) is 0 Å². The minimum atomic E-state index is 0.506. The number of nitrogens with one attached hydrogen (secondary N) is 1. The van der Waals surface area contributed by atoms with Crippen LogP contribution in [0, 0.1) is 0 Å². The highest BCUT2D eigenvalue weighted by atomic mass is 32.2. The summed E-state index contributed by atoms with van der Waals surface area (Å²) in [6, 6.07) is 2.20. The van der Waals surface area contributed by atoms with Crippen LogP contribution in [0.15, 0.2) is 11.1 Å². The van der Waals surface area contributed by atoms with Gasteiger partial charge in [0, 0.05) is 10.3 Å². The van der Waals surface area contributed by atoms with Gasteiger partial charge in [-0.25, -0.2) is 15.8 Å². The summed E-state index contributed by atoms with van der Waals surface area (Å²) in [7, 11) is 0. The van der Waals surface area contributed by atoms with E-state index in [0.717, 1.165) is 27.4 Å². The molecule has 0 spiro atoms. The van der Waals surface area contributed by atoms with Crippen molar-refractivity contribution in [1.29, 1.82) is 0 Å². The zero-order valence-electron chi connectivity index (χ0n) is 10.7. The van der Waals surface area contributed by atoms with Crippen LogP contribution in [0.4, 0.5) is 5.95 Å². The Labute approximate surface area is 115 Å². The molecule has 0 radical (unpaired) electrons. The van der Waals surface area contributed by atoms with Crippen LogP contribution in [0.1, 0.15) is 31.6 Å². The van der Waals surface area contributed by atoms with Crippen LogP contribution in [-0.2, 0) is 6.42 Å². The molecule has 0 aliphatic heterocycles. The predicted octanol–water partition coefficient (Wildman–Crippen LogP) is 3.43. The second-order valence-electron chi connectivity index (χ2n) is 3.98. The van der Waals surface area contributed by atoms with Gasteiger partial charge < -0.3 is 0 Å². The average Bonchev–Trinajstić information content (AvgIpc) is 2.81. The van der Waals surface area contributed by atoms with Gasteiger partial charge in [-0.3, -0.25) is 5.43 Å². The fourth-order valence-electron chi connectivity index (χ4n) is 1.61. The summed E-state index contributed by atoms with van der Waals surface area (Å²) in [5.41, 5.74) is 2.55. The van der Waals surface area contributed by atoms with Crippen LogP contribution >= 0.6 is 23.1 Å². The van der Waals surface area contributed by atoms with E-state index in [2.05, 4.69) is 35.3 Å². The summed E-state index contributed by atoms with van der Waals surface area (Å²) in [5, 5.41) is 2.20. The van der Waals surface area contributed by atoms with E-state index >= 15 is 0 Å². The van der Waals surface area contributed by atoms with Crippen LogP contribution in [0.3, 0.4) is 0 Å². The monoisotopic (exact) mass is 282 g/mol. The third-order valence-electron chi connectivity index (χ3n) is 2.62. The van der Waals surface area contributed by atoms with E-state index in [1.54, 1.807) is 23.1 Å². The molecule has 2 rings (SSSR count). The quantitative estimate of drug-likeness (QED) is 0.279. The number of nitrogens with zero attached hydrogens (tertiary/aromatic N) is 2. The Morgan fingerprint density at radius 1 is 1.39 bits per heavy atom. The van der Waals surface area contributed by atoms with Crippen molar-refractivity contribution in [3.05, 3.63) is 10.9 Å². The fourth-order valence-corrected chi connectivity index (χ4v) is 3.73. The summed E-state index contributed by atoms with van der Waals surface area (Å²) in [6.07, 6.45) is 3.44. The number of nitrogen functional groups attached to an aromatic ring is 1. The highest BCUT2D eigenvalue weighted by Crippen LogP contribution is 2.32. The first-order valence-corrected chi connectivity index (χ1v) is 7.98. The predicted molar refractivity (Wildman–Crippen MR) is 80.2 cm³/mol. The van der Waals surface area contributed by atoms with Gasteiger partial charge in [0.2, 0.25) is 5.95 Å². The number of fused-ring (bicyclic) bond motifs is 1. The number of hydrogen-bond acceptors (Lipinski definition) is 6. The van der Waals surface area contributed by atoms with Crippen molar-refractivity contribution in [2.75, 3.05) is 11.2 Å². The second kappa shape index (κ2) is 6.36. The third kappa shape index (κ3) is 2.93. The van der Waals surface area contributed by atoms with E-state index in [1.165, 1.54) is 17.7 Å². The fraction of sp³-hybridized carbons (Fsp3) is 0.500. The minimum absolute atomic E-state index is 0.506. The van der Waals surface area contributed by atoms with Crippen LogP contribution in [0.25, 0.3) is 10.2 Å². The lowest BCUT2D eigenvalue weighted by Gasteiger charge is -2.04. The van der Waals surface area contributed by atoms with E-state index < -0.39 is 0 Å². The largest absolute Gasteiger partial charge is 0.292 e. The Balaban J connectivity index is 2.37. The van der Waals surface area contributed by atoms with Gasteiger partial charge in [0.1, 0.15) is 9.86 Å². The molecule has 3 N–H and O–H groups in total. The number of nitrogens with two attached hydrogens (primary N) is 1. The maximum absolute atomic E-state index is 5.42. The Hall–Kier alpha value is -0.850. The molecular formula is C12H18N4S2. The minimum Gasteiger partial charge on any atom is -0.292 e. The first-order chi connectivity index (χ1) is 8.78. The molecule has 2 heterocycles. The van der Waals surface area contributed by atoms with E-state index in [-0.39, 0.29) is 0 Å². The van der Waals surface area contributed by atoms with Gasteiger partial charge >= 0.3 is 0 Å². The van der Waals surface area contributed by atoms with Crippen molar-refractivity contribution < 1.29 is 0 Å². The molecule has 0 bridgehead atoms. The number of hydrazine groups is 1. The molecule has 0 atom stereocenters. The first kappa shape index (κ1) is 13.6. The Morgan fingerprint density at radius 2 is 2.22 bits per heavy atom. The number of aromatic nitrogens is 2. The lowest BCUT2D eigenvalue weighted by molar-refractivity contribution is 0.895. The molecular weight excluding hydrogens is 264 g/mol. The molecule has 2 aromatic heterocycles. The van der Waals surface area contributed by atoms with Gasteiger partial charge in [-0.05, 0) is 24.7 Å². The summed E-state index contributed by atoms with van der Waals surface area (Å²) in [5.74, 6) is 7.02. The van der Waals surface area contributed by atoms with Crippen molar-refractivity contribution in [3.8, 4) is 0 Å². The molecule has 18 heavy (non-hydrogen) atoms. The Bertz CT molecular complexity index is 524. The molecule has 0 saturated heterocycles. The van der Waals surface area contributed by atoms with Crippen molar-refractivity contribution in [2.45, 2.75) is 38.1 Å². The standard InChI is InChI=1S/C12H18N4S2/c1-3-5-6-17-10-9-7-8(4-2)18-11(9)15-12(14-10)16-13/h7H,3-6,13H2,1-2H3,(H,14,15,16). The zero-order valence-corrected chi connectivity index (χ0v) is 12.3. The maximum atomic E-state index is 5.42. The molecule has 0 fully saturated rings. The zero-order chi connectivity index (χ0) is 13.0. The van der Waals surface area contributed by atoms with Gasteiger partial charge in [0.25, 0.3) is 0 Å². The van der Waals surface area contributed by atoms with Crippen LogP contribution in [-0.4, -0.2) is 15.7 Å². The molecule has 0 unspecified atom stereocenters. The Morgan fingerprint density at radius 3 is 2.89 bits per heavy atom. The number of thioether (sulfide) groups is 1.